The fourth-order valence-corrected chi connectivity index (χ4v) is 5.19. The minimum Gasteiger partial charge on any atom is -0.394 e. The van der Waals surface area contributed by atoms with E-state index < -0.39 is 0 Å². The number of hydrogen-bond acceptors (Lipinski definition) is 7. The maximum Gasteiger partial charge on any atom is 0.229 e. The lowest BCUT2D eigenvalue weighted by Crippen LogP contribution is -2.36. The van der Waals surface area contributed by atoms with Crippen molar-refractivity contribution in [3.8, 4) is 0 Å². The molecule has 0 radical (unpaired) electrons. The summed E-state index contributed by atoms with van der Waals surface area (Å²) in [6.45, 7) is 8.16. The zero-order valence-corrected chi connectivity index (χ0v) is 18.6. The number of halogens is 1. The van der Waals surface area contributed by atoms with Gasteiger partial charge in [-0.1, -0.05) is 25.4 Å². The van der Waals surface area contributed by atoms with Gasteiger partial charge in [0.2, 0.25) is 11.9 Å². The number of hydrogen-bond donors (Lipinski definition) is 2. The molecule has 2 saturated heterocycles. The summed E-state index contributed by atoms with van der Waals surface area (Å²) in [6, 6.07) is 0. The molecule has 31 heavy (non-hydrogen) atoms. The molecule has 10 heteroatoms. The van der Waals surface area contributed by atoms with Crippen molar-refractivity contribution in [1.29, 1.82) is 0 Å². The van der Waals surface area contributed by atoms with Crippen LogP contribution in [-0.2, 0) is 11.3 Å². The Kier molecular flexibility index (Phi) is 4.86. The Bertz CT molecular complexity index is 989. The van der Waals surface area contributed by atoms with Crippen LogP contribution in [0.4, 0.5) is 17.5 Å². The minimum atomic E-state index is -0.00907. The predicted octanol–water partition coefficient (Wildman–Crippen LogP) is 2.15. The van der Waals surface area contributed by atoms with Crippen LogP contribution in [0.15, 0.2) is 18.6 Å². The fourth-order valence-electron chi connectivity index (χ4n) is 4.98. The normalized spacial score (nSPS) is 27.6. The van der Waals surface area contributed by atoms with E-state index in [-0.39, 0.29) is 23.4 Å². The molecule has 0 bridgehead atoms. The lowest BCUT2D eigenvalue weighted by atomic mass is 9.71. The Morgan fingerprint density at radius 3 is 2.58 bits per heavy atom. The molecule has 0 unspecified atom stereocenters. The molecule has 5 rings (SSSR count). The molecule has 2 aromatic heterocycles. The molecule has 1 amide bonds. The van der Waals surface area contributed by atoms with Crippen molar-refractivity contribution in [3.05, 3.63) is 23.6 Å². The third kappa shape index (κ3) is 3.63. The van der Waals surface area contributed by atoms with Gasteiger partial charge in [-0.15, -0.1) is 0 Å². The number of nitrogens with zero attached hydrogens (tertiary/aromatic N) is 6. The molecule has 0 aromatic carbocycles. The highest BCUT2D eigenvalue weighted by molar-refractivity contribution is 6.32. The van der Waals surface area contributed by atoms with Gasteiger partial charge < -0.3 is 20.2 Å². The molecule has 2 atom stereocenters. The first-order valence-corrected chi connectivity index (χ1v) is 11.1. The van der Waals surface area contributed by atoms with Gasteiger partial charge in [0.05, 0.1) is 31.2 Å². The molecule has 2 aliphatic heterocycles. The molecule has 166 valence electrons. The van der Waals surface area contributed by atoms with Crippen LogP contribution >= 0.6 is 11.6 Å². The summed E-state index contributed by atoms with van der Waals surface area (Å²) in [4.78, 5) is 25.9. The number of aliphatic hydroxyl groups is 1. The summed E-state index contributed by atoms with van der Waals surface area (Å²) in [6.07, 6.45) is 7.16. The molecule has 2 N–H and O–H groups in total. The van der Waals surface area contributed by atoms with Crippen molar-refractivity contribution in [2.45, 2.75) is 33.2 Å². The Morgan fingerprint density at radius 1 is 1.23 bits per heavy atom. The van der Waals surface area contributed by atoms with Crippen LogP contribution < -0.4 is 10.2 Å². The van der Waals surface area contributed by atoms with Gasteiger partial charge in [-0.2, -0.15) is 10.1 Å². The first-order chi connectivity index (χ1) is 14.8. The monoisotopic (exact) mass is 445 g/mol. The number of likely N-dealkylation sites (tertiary alicyclic amines) is 1. The van der Waals surface area contributed by atoms with E-state index >= 15 is 0 Å². The standard InChI is InChI=1S/C21H28ClN7O2/c1-20-10-27(11-21(20,2)13-28(12-20)18(31)14-3-4-14)17-16(22)8-23-19(26-17)25-15-7-24-29(9-15)5-6-30/h7-9,14,30H,3-6,10-13H2,1-2H3,(H,23,25,26)/t20-,21+. The van der Waals surface area contributed by atoms with Crippen LogP contribution in [0.5, 0.6) is 0 Å². The van der Waals surface area contributed by atoms with Crippen molar-refractivity contribution >= 4 is 35.0 Å². The molecule has 3 aliphatic rings. The third-order valence-corrected chi connectivity index (χ3v) is 7.36. The van der Waals surface area contributed by atoms with E-state index in [9.17, 15) is 4.79 Å². The lowest BCUT2D eigenvalue weighted by Gasteiger charge is -2.29. The van der Waals surface area contributed by atoms with Gasteiger partial charge in [-0.3, -0.25) is 9.48 Å². The highest BCUT2D eigenvalue weighted by Gasteiger charge is 2.59. The molecule has 3 fully saturated rings. The summed E-state index contributed by atoms with van der Waals surface area (Å²) in [7, 11) is 0. The van der Waals surface area contributed by atoms with Gasteiger partial charge in [-0.05, 0) is 12.8 Å². The smallest absolute Gasteiger partial charge is 0.229 e. The van der Waals surface area contributed by atoms with Crippen LogP contribution in [0.3, 0.4) is 0 Å². The van der Waals surface area contributed by atoms with E-state index in [2.05, 4.69) is 39.0 Å². The van der Waals surface area contributed by atoms with E-state index in [4.69, 9.17) is 21.7 Å². The Balaban J connectivity index is 1.33. The number of aromatic nitrogens is 4. The average molecular weight is 446 g/mol. The summed E-state index contributed by atoms with van der Waals surface area (Å²) in [5.74, 6) is 1.74. The number of nitrogens with one attached hydrogen (secondary N) is 1. The second-order valence-corrected chi connectivity index (χ2v) is 10.1. The molecular weight excluding hydrogens is 418 g/mol. The minimum absolute atomic E-state index is 0.00907. The van der Waals surface area contributed by atoms with Crippen LogP contribution in [0, 0.1) is 16.7 Å². The van der Waals surface area contributed by atoms with E-state index in [0.29, 0.717) is 29.2 Å². The number of anilines is 3. The average Bonchev–Trinajstić information content (AvgIpc) is 3.35. The number of aliphatic hydroxyl groups excluding tert-OH is 1. The quantitative estimate of drug-likeness (QED) is 0.702. The maximum absolute atomic E-state index is 12.6. The first-order valence-electron chi connectivity index (χ1n) is 10.8. The molecule has 0 spiro atoms. The number of fused-ring (bicyclic) bond motifs is 1. The molecule has 9 nitrogen and oxygen atoms in total. The zero-order chi connectivity index (χ0) is 21.8. The largest absolute Gasteiger partial charge is 0.394 e. The van der Waals surface area contributed by atoms with Crippen molar-refractivity contribution in [3.63, 3.8) is 0 Å². The third-order valence-electron chi connectivity index (χ3n) is 7.10. The summed E-state index contributed by atoms with van der Waals surface area (Å²) in [5.41, 5.74) is 0.726. The Morgan fingerprint density at radius 2 is 1.94 bits per heavy atom. The molecule has 4 heterocycles. The maximum atomic E-state index is 12.6. The van der Waals surface area contributed by atoms with Crippen molar-refractivity contribution in [2.24, 2.45) is 16.7 Å². The molecular formula is C21H28ClN7O2. The number of carbonyl (C=O) groups is 1. The molecule has 1 saturated carbocycles. The summed E-state index contributed by atoms with van der Waals surface area (Å²) >= 11 is 6.50. The number of amides is 1. The highest BCUT2D eigenvalue weighted by Crippen LogP contribution is 2.53. The first kappa shape index (κ1) is 20.5. The highest BCUT2D eigenvalue weighted by atomic mass is 35.5. The van der Waals surface area contributed by atoms with Gasteiger partial charge in [0.1, 0.15) is 5.02 Å². The fraction of sp³-hybridized carbons (Fsp3) is 0.619. The van der Waals surface area contributed by atoms with Gasteiger partial charge in [-0.25, -0.2) is 4.98 Å². The summed E-state index contributed by atoms with van der Waals surface area (Å²) < 4.78 is 1.65. The van der Waals surface area contributed by atoms with Crippen LogP contribution in [0.1, 0.15) is 26.7 Å². The zero-order valence-electron chi connectivity index (χ0n) is 17.9. The van der Waals surface area contributed by atoms with E-state index in [1.807, 2.05) is 0 Å². The van der Waals surface area contributed by atoms with Gasteiger partial charge in [0.25, 0.3) is 0 Å². The van der Waals surface area contributed by atoms with E-state index in [0.717, 1.165) is 44.7 Å². The Labute approximate surface area is 186 Å². The molecule has 2 aromatic rings. The lowest BCUT2D eigenvalue weighted by molar-refractivity contribution is -0.132. The van der Waals surface area contributed by atoms with Gasteiger partial charge in [0.15, 0.2) is 5.82 Å². The second-order valence-electron chi connectivity index (χ2n) is 9.65. The number of rotatable bonds is 6. The van der Waals surface area contributed by atoms with Crippen LogP contribution in [0.25, 0.3) is 0 Å². The SMILES string of the molecule is C[C@@]12CN(C(=O)C3CC3)C[C@]1(C)CN(c1nc(Nc3cnn(CCO)c3)ncc1Cl)C2. The van der Waals surface area contributed by atoms with Crippen molar-refractivity contribution < 1.29 is 9.90 Å². The topological polar surface area (TPSA) is 99.4 Å². The van der Waals surface area contributed by atoms with Crippen LogP contribution in [0.2, 0.25) is 5.02 Å². The predicted molar refractivity (Wildman–Crippen MR) is 117 cm³/mol. The second kappa shape index (κ2) is 7.34. The van der Waals surface area contributed by atoms with E-state index in [1.54, 1.807) is 23.3 Å². The van der Waals surface area contributed by atoms with Gasteiger partial charge >= 0.3 is 0 Å². The van der Waals surface area contributed by atoms with Crippen molar-refractivity contribution in [1.82, 2.24) is 24.6 Å². The van der Waals surface area contributed by atoms with Crippen molar-refractivity contribution in [2.75, 3.05) is 43.0 Å². The number of carbonyl (C=O) groups excluding carboxylic acids is 1. The molecule has 1 aliphatic carbocycles. The Hall–Kier alpha value is -2.39. The summed E-state index contributed by atoms with van der Waals surface area (Å²) in [5, 5.41) is 16.9. The van der Waals surface area contributed by atoms with Gasteiger partial charge in [0, 0.05) is 49.1 Å². The van der Waals surface area contributed by atoms with Crippen LogP contribution in [-0.4, -0.2) is 68.4 Å². The van der Waals surface area contributed by atoms with E-state index in [1.165, 1.54) is 0 Å².